The van der Waals surface area contributed by atoms with E-state index in [1.807, 2.05) is 24.3 Å². The highest BCUT2D eigenvalue weighted by Crippen LogP contribution is 2.16. The lowest BCUT2D eigenvalue weighted by molar-refractivity contribution is 0.0946. The van der Waals surface area contributed by atoms with Crippen molar-refractivity contribution in [3.63, 3.8) is 0 Å². The van der Waals surface area contributed by atoms with Gasteiger partial charge in [-0.15, -0.1) is 0 Å². The van der Waals surface area contributed by atoms with E-state index < -0.39 is 0 Å². The summed E-state index contributed by atoms with van der Waals surface area (Å²) in [5.41, 5.74) is 4.30. The number of nitrogens with one attached hydrogen (secondary N) is 2. The maximum absolute atomic E-state index is 12.0. The van der Waals surface area contributed by atoms with Gasteiger partial charge in [0, 0.05) is 18.3 Å². The highest BCUT2D eigenvalue weighted by Gasteiger charge is 2.09. The SMILES string of the molecule is COc1ccccc1CNC(=O)c1cc(NN)ccn1. The molecule has 0 radical (unpaired) electrons. The van der Waals surface area contributed by atoms with Crippen LogP contribution in [0.15, 0.2) is 42.6 Å². The average molecular weight is 272 g/mol. The zero-order valence-electron chi connectivity index (χ0n) is 11.1. The number of aromatic nitrogens is 1. The largest absolute Gasteiger partial charge is 0.496 e. The van der Waals surface area contributed by atoms with Crippen molar-refractivity contribution < 1.29 is 9.53 Å². The van der Waals surface area contributed by atoms with Gasteiger partial charge < -0.3 is 15.5 Å². The normalized spacial score (nSPS) is 9.90. The molecule has 0 aliphatic carbocycles. The molecule has 104 valence electrons. The number of nitrogens with zero attached hydrogens (tertiary/aromatic N) is 1. The molecule has 6 nitrogen and oxygen atoms in total. The Morgan fingerprint density at radius 3 is 2.90 bits per heavy atom. The van der Waals surface area contributed by atoms with Crippen molar-refractivity contribution in [3.05, 3.63) is 53.9 Å². The number of rotatable bonds is 5. The van der Waals surface area contributed by atoms with E-state index in [9.17, 15) is 4.79 Å². The molecule has 0 aliphatic rings. The molecule has 0 spiro atoms. The number of nitrogen functional groups attached to an aromatic ring is 1. The topological polar surface area (TPSA) is 89.3 Å². The molecular weight excluding hydrogens is 256 g/mol. The minimum absolute atomic E-state index is 0.270. The number of hydrogen-bond acceptors (Lipinski definition) is 5. The molecule has 1 heterocycles. The Kier molecular flexibility index (Phi) is 4.52. The minimum Gasteiger partial charge on any atom is -0.496 e. The van der Waals surface area contributed by atoms with Crippen LogP contribution < -0.4 is 21.3 Å². The van der Waals surface area contributed by atoms with Crippen molar-refractivity contribution in [3.8, 4) is 5.75 Å². The van der Waals surface area contributed by atoms with Gasteiger partial charge in [0.05, 0.1) is 12.8 Å². The Labute approximate surface area is 116 Å². The number of benzene rings is 1. The van der Waals surface area contributed by atoms with E-state index in [0.29, 0.717) is 17.9 Å². The third-order valence-corrected chi connectivity index (χ3v) is 2.79. The summed E-state index contributed by atoms with van der Waals surface area (Å²) in [5, 5.41) is 2.79. The van der Waals surface area contributed by atoms with Crippen molar-refractivity contribution in [1.29, 1.82) is 0 Å². The van der Waals surface area contributed by atoms with Crippen molar-refractivity contribution in [1.82, 2.24) is 10.3 Å². The van der Waals surface area contributed by atoms with Crippen LogP contribution in [0, 0.1) is 0 Å². The van der Waals surface area contributed by atoms with E-state index in [1.54, 1.807) is 19.2 Å². The van der Waals surface area contributed by atoms with Crippen molar-refractivity contribution in [2.75, 3.05) is 12.5 Å². The highest BCUT2D eigenvalue weighted by molar-refractivity contribution is 5.93. The molecule has 1 aromatic heterocycles. The van der Waals surface area contributed by atoms with E-state index in [1.165, 1.54) is 6.20 Å². The first kappa shape index (κ1) is 13.8. The second kappa shape index (κ2) is 6.53. The smallest absolute Gasteiger partial charge is 0.270 e. The first-order valence-corrected chi connectivity index (χ1v) is 6.07. The Bertz CT molecular complexity index is 601. The lowest BCUT2D eigenvalue weighted by Crippen LogP contribution is -2.24. The number of para-hydroxylation sites is 1. The summed E-state index contributed by atoms with van der Waals surface area (Å²) in [6, 6.07) is 10.8. The Morgan fingerprint density at radius 2 is 2.15 bits per heavy atom. The molecule has 2 rings (SSSR count). The molecule has 20 heavy (non-hydrogen) atoms. The quantitative estimate of drug-likeness (QED) is 0.564. The van der Waals surface area contributed by atoms with Gasteiger partial charge in [-0.05, 0) is 18.2 Å². The molecule has 0 aliphatic heterocycles. The van der Waals surface area contributed by atoms with Gasteiger partial charge in [0.25, 0.3) is 5.91 Å². The number of nitrogens with two attached hydrogens (primary N) is 1. The highest BCUT2D eigenvalue weighted by atomic mass is 16.5. The predicted molar refractivity (Wildman–Crippen MR) is 76.2 cm³/mol. The van der Waals surface area contributed by atoms with E-state index in [2.05, 4.69) is 15.7 Å². The van der Waals surface area contributed by atoms with Gasteiger partial charge in [0.1, 0.15) is 11.4 Å². The van der Waals surface area contributed by atoms with Gasteiger partial charge in [0.2, 0.25) is 0 Å². The fourth-order valence-electron chi connectivity index (χ4n) is 1.76. The number of anilines is 1. The van der Waals surface area contributed by atoms with Gasteiger partial charge >= 0.3 is 0 Å². The third kappa shape index (κ3) is 3.24. The summed E-state index contributed by atoms with van der Waals surface area (Å²) >= 11 is 0. The molecule has 1 amide bonds. The van der Waals surface area contributed by atoms with Gasteiger partial charge in [-0.3, -0.25) is 15.6 Å². The summed E-state index contributed by atoms with van der Waals surface area (Å²) in [6.07, 6.45) is 1.52. The Morgan fingerprint density at radius 1 is 1.35 bits per heavy atom. The number of carbonyl (C=O) groups excluding carboxylic acids is 1. The molecule has 6 heteroatoms. The lowest BCUT2D eigenvalue weighted by Gasteiger charge is -2.09. The number of methoxy groups -OCH3 is 1. The molecule has 4 N–H and O–H groups in total. The summed E-state index contributed by atoms with van der Waals surface area (Å²) < 4.78 is 5.23. The zero-order valence-corrected chi connectivity index (χ0v) is 11.1. The van der Waals surface area contributed by atoms with Crippen LogP contribution in [0.5, 0.6) is 5.75 Å². The monoisotopic (exact) mass is 272 g/mol. The van der Waals surface area contributed by atoms with Crippen molar-refractivity contribution in [2.45, 2.75) is 6.54 Å². The number of hydrogen-bond donors (Lipinski definition) is 3. The van der Waals surface area contributed by atoms with E-state index in [4.69, 9.17) is 10.6 Å². The van der Waals surface area contributed by atoms with Crippen LogP contribution in [-0.2, 0) is 6.54 Å². The minimum atomic E-state index is -0.270. The van der Waals surface area contributed by atoms with E-state index in [0.717, 1.165) is 11.3 Å². The first-order chi connectivity index (χ1) is 9.74. The first-order valence-electron chi connectivity index (χ1n) is 6.07. The molecule has 0 saturated carbocycles. The summed E-state index contributed by atoms with van der Waals surface area (Å²) in [4.78, 5) is 16.0. The average Bonchev–Trinajstić information content (AvgIpc) is 2.52. The van der Waals surface area contributed by atoms with E-state index >= 15 is 0 Å². The second-order valence-electron chi connectivity index (χ2n) is 4.07. The fourth-order valence-corrected chi connectivity index (χ4v) is 1.76. The maximum atomic E-state index is 12.0. The summed E-state index contributed by atoms with van der Waals surface area (Å²) in [6.45, 7) is 0.366. The molecule has 2 aromatic rings. The number of pyridine rings is 1. The van der Waals surface area contributed by atoms with Crippen LogP contribution in [0.25, 0.3) is 0 Å². The maximum Gasteiger partial charge on any atom is 0.270 e. The van der Waals surface area contributed by atoms with Crippen LogP contribution in [0.4, 0.5) is 5.69 Å². The zero-order chi connectivity index (χ0) is 14.4. The Hall–Kier alpha value is -2.60. The molecule has 0 saturated heterocycles. The molecule has 1 aromatic carbocycles. The van der Waals surface area contributed by atoms with Gasteiger partial charge in [0.15, 0.2) is 0 Å². The molecule has 0 unspecified atom stereocenters. The number of amides is 1. The summed E-state index contributed by atoms with van der Waals surface area (Å²) in [7, 11) is 1.60. The van der Waals surface area contributed by atoms with Crippen LogP contribution in [0.2, 0.25) is 0 Å². The number of carbonyl (C=O) groups is 1. The Balaban J connectivity index is 2.04. The number of hydrazine groups is 1. The molecular formula is C14H16N4O2. The van der Waals surface area contributed by atoms with Crippen molar-refractivity contribution >= 4 is 11.6 Å². The molecule has 0 fully saturated rings. The van der Waals surface area contributed by atoms with Gasteiger partial charge in [-0.25, -0.2) is 0 Å². The van der Waals surface area contributed by atoms with Crippen LogP contribution in [0.1, 0.15) is 16.1 Å². The second-order valence-corrected chi connectivity index (χ2v) is 4.07. The number of ether oxygens (including phenoxy) is 1. The van der Waals surface area contributed by atoms with Crippen LogP contribution >= 0.6 is 0 Å². The van der Waals surface area contributed by atoms with Gasteiger partial charge in [-0.2, -0.15) is 0 Å². The molecule has 0 atom stereocenters. The van der Waals surface area contributed by atoms with E-state index in [-0.39, 0.29) is 5.91 Å². The third-order valence-electron chi connectivity index (χ3n) is 2.79. The lowest BCUT2D eigenvalue weighted by atomic mass is 10.2. The fraction of sp³-hybridized carbons (Fsp3) is 0.143. The van der Waals surface area contributed by atoms with Crippen molar-refractivity contribution in [2.24, 2.45) is 5.84 Å². The van der Waals surface area contributed by atoms with Crippen LogP contribution in [-0.4, -0.2) is 18.0 Å². The van der Waals surface area contributed by atoms with Crippen LogP contribution in [0.3, 0.4) is 0 Å². The summed E-state index contributed by atoms with van der Waals surface area (Å²) in [5.74, 6) is 5.76. The standard InChI is InChI=1S/C14H16N4O2/c1-20-13-5-3-2-4-10(13)9-17-14(19)12-8-11(18-15)6-7-16-12/h2-8H,9,15H2,1H3,(H,16,18)(H,17,19). The van der Waals surface area contributed by atoms with Gasteiger partial charge in [-0.1, -0.05) is 18.2 Å². The predicted octanol–water partition coefficient (Wildman–Crippen LogP) is 1.31. The molecule has 0 bridgehead atoms.